The van der Waals surface area contributed by atoms with Crippen LogP contribution in [0.1, 0.15) is 25.3 Å². The fraction of sp³-hybridized carbons (Fsp3) is 0.600. The van der Waals surface area contributed by atoms with Crippen molar-refractivity contribution in [3.63, 3.8) is 0 Å². The van der Waals surface area contributed by atoms with E-state index in [1.165, 1.54) is 31.5 Å². The van der Waals surface area contributed by atoms with Crippen LogP contribution in [0.4, 0.5) is 5.69 Å². The molecule has 6 heteroatoms. The molecule has 2 atom stereocenters. The number of fused-ring (bicyclic) bond motifs is 1. The van der Waals surface area contributed by atoms with E-state index in [0.717, 1.165) is 18.7 Å². The number of hydrogen-bond acceptors (Lipinski definition) is 5. The zero-order valence-electron chi connectivity index (χ0n) is 12.2. The van der Waals surface area contributed by atoms with E-state index in [1.807, 2.05) is 0 Å². The Hall–Kier alpha value is -1.66. The van der Waals surface area contributed by atoms with Gasteiger partial charge in [-0.25, -0.2) is 0 Å². The van der Waals surface area contributed by atoms with E-state index in [2.05, 4.69) is 16.7 Å². The molecule has 0 radical (unpaired) electrons. The Morgan fingerprint density at radius 3 is 2.95 bits per heavy atom. The van der Waals surface area contributed by atoms with E-state index in [1.54, 1.807) is 6.07 Å². The minimum atomic E-state index is -0.531. The molecule has 0 bridgehead atoms. The van der Waals surface area contributed by atoms with Crippen LogP contribution in [0.3, 0.4) is 0 Å². The maximum absolute atomic E-state index is 10.9. The van der Waals surface area contributed by atoms with Gasteiger partial charge in [-0.1, -0.05) is 6.07 Å². The Labute approximate surface area is 124 Å². The van der Waals surface area contributed by atoms with Crippen molar-refractivity contribution in [1.82, 2.24) is 9.80 Å². The van der Waals surface area contributed by atoms with Crippen molar-refractivity contribution in [1.29, 1.82) is 0 Å². The largest absolute Gasteiger partial charge is 0.502 e. The predicted octanol–water partition coefficient (Wildman–Crippen LogP) is 1.97. The molecule has 0 aliphatic carbocycles. The van der Waals surface area contributed by atoms with Gasteiger partial charge in [0, 0.05) is 37.8 Å². The number of benzene rings is 1. The second kappa shape index (κ2) is 5.61. The molecule has 1 aromatic carbocycles. The molecule has 0 spiro atoms. The topological polar surface area (TPSA) is 69.8 Å². The summed E-state index contributed by atoms with van der Waals surface area (Å²) in [6.07, 6.45) is 2.51. The van der Waals surface area contributed by atoms with Crippen LogP contribution < -0.4 is 0 Å². The first-order valence-corrected chi connectivity index (χ1v) is 7.50. The molecule has 1 N–H and O–H groups in total. The molecule has 0 aromatic heterocycles. The molecule has 2 heterocycles. The maximum atomic E-state index is 10.9. The lowest BCUT2D eigenvalue weighted by atomic mass is 10.0. The summed E-state index contributed by atoms with van der Waals surface area (Å²) in [5.74, 6) is -0.266. The van der Waals surface area contributed by atoms with Crippen molar-refractivity contribution in [3.8, 4) is 5.75 Å². The second-order valence-corrected chi connectivity index (χ2v) is 6.04. The summed E-state index contributed by atoms with van der Waals surface area (Å²) in [6.45, 7) is 6.22. The molecule has 0 amide bonds. The Bertz CT molecular complexity index is 549. The van der Waals surface area contributed by atoms with Crippen LogP contribution in [-0.4, -0.2) is 51.5 Å². The van der Waals surface area contributed by atoms with Crippen molar-refractivity contribution in [2.45, 2.75) is 38.4 Å². The van der Waals surface area contributed by atoms with Gasteiger partial charge in [-0.15, -0.1) is 0 Å². The standard InChI is InChI=1S/C15H21N3O3/c1-11-13-3-2-6-16(13)7-8-17(11)10-12-4-5-15(19)14(9-12)18(20)21/h4-5,9,11,13,19H,2-3,6-8,10H2,1H3/t11-,13-/m0/s1. The molecule has 0 saturated carbocycles. The summed E-state index contributed by atoms with van der Waals surface area (Å²) in [4.78, 5) is 15.3. The molecule has 2 aliphatic heterocycles. The van der Waals surface area contributed by atoms with Gasteiger partial charge in [-0.05, 0) is 37.9 Å². The molecule has 2 aliphatic rings. The fourth-order valence-corrected chi connectivity index (χ4v) is 3.65. The third-order valence-corrected chi connectivity index (χ3v) is 4.84. The average Bonchev–Trinajstić information content (AvgIpc) is 2.93. The van der Waals surface area contributed by atoms with Gasteiger partial charge < -0.3 is 5.11 Å². The number of nitro benzene ring substituents is 1. The first-order valence-electron chi connectivity index (χ1n) is 7.50. The highest BCUT2D eigenvalue weighted by molar-refractivity contribution is 5.47. The Kier molecular flexibility index (Phi) is 3.82. The van der Waals surface area contributed by atoms with E-state index in [0.29, 0.717) is 18.6 Å². The number of rotatable bonds is 3. The molecule has 6 nitrogen and oxygen atoms in total. The van der Waals surface area contributed by atoms with Gasteiger partial charge in [0.05, 0.1) is 4.92 Å². The third-order valence-electron chi connectivity index (χ3n) is 4.84. The van der Waals surface area contributed by atoms with Crippen LogP contribution >= 0.6 is 0 Å². The van der Waals surface area contributed by atoms with Crippen LogP contribution in [0, 0.1) is 10.1 Å². The summed E-state index contributed by atoms with van der Waals surface area (Å²) >= 11 is 0. The normalized spacial score (nSPS) is 26.7. The smallest absolute Gasteiger partial charge is 0.311 e. The van der Waals surface area contributed by atoms with Gasteiger partial charge in [0.25, 0.3) is 0 Å². The van der Waals surface area contributed by atoms with Crippen LogP contribution in [0.2, 0.25) is 0 Å². The molecule has 114 valence electrons. The summed E-state index contributed by atoms with van der Waals surface area (Å²) in [7, 11) is 0. The van der Waals surface area contributed by atoms with Crippen molar-refractivity contribution in [3.05, 3.63) is 33.9 Å². The first-order chi connectivity index (χ1) is 10.1. The van der Waals surface area contributed by atoms with Crippen molar-refractivity contribution < 1.29 is 10.0 Å². The lowest BCUT2D eigenvalue weighted by molar-refractivity contribution is -0.385. The summed E-state index contributed by atoms with van der Waals surface area (Å²) in [5, 5.41) is 20.4. The Morgan fingerprint density at radius 2 is 2.19 bits per heavy atom. The molecule has 21 heavy (non-hydrogen) atoms. The number of nitrogens with zero attached hydrogens (tertiary/aromatic N) is 3. The van der Waals surface area contributed by atoms with Gasteiger partial charge in [-0.2, -0.15) is 0 Å². The Balaban J connectivity index is 1.74. The maximum Gasteiger partial charge on any atom is 0.311 e. The molecule has 2 fully saturated rings. The van der Waals surface area contributed by atoms with Crippen LogP contribution in [0.25, 0.3) is 0 Å². The van der Waals surface area contributed by atoms with Crippen molar-refractivity contribution >= 4 is 5.69 Å². The van der Waals surface area contributed by atoms with E-state index < -0.39 is 4.92 Å². The monoisotopic (exact) mass is 291 g/mol. The van der Waals surface area contributed by atoms with E-state index in [-0.39, 0.29) is 11.4 Å². The van der Waals surface area contributed by atoms with Crippen molar-refractivity contribution in [2.24, 2.45) is 0 Å². The van der Waals surface area contributed by atoms with Gasteiger partial charge in [0.2, 0.25) is 0 Å². The number of piperazine rings is 1. The first kappa shape index (κ1) is 14.3. The van der Waals surface area contributed by atoms with E-state index in [9.17, 15) is 15.2 Å². The second-order valence-electron chi connectivity index (χ2n) is 6.04. The van der Waals surface area contributed by atoms with Gasteiger partial charge in [-0.3, -0.25) is 19.9 Å². The molecular weight excluding hydrogens is 270 g/mol. The average molecular weight is 291 g/mol. The highest BCUT2D eigenvalue weighted by Gasteiger charge is 2.36. The SMILES string of the molecule is C[C@H]1[C@@H]2CCCN2CCN1Cc1ccc(O)c([N+](=O)[O-])c1. The van der Waals surface area contributed by atoms with Gasteiger partial charge in [0.1, 0.15) is 0 Å². The summed E-state index contributed by atoms with van der Waals surface area (Å²) in [6, 6.07) is 5.77. The zero-order valence-corrected chi connectivity index (χ0v) is 12.2. The fourth-order valence-electron chi connectivity index (χ4n) is 3.65. The molecular formula is C15H21N3O3. The number of hydrogen-bond donors (Lipinski definition) is 1. The molecule has 3 rings (SSSR count). The number of phenols is 1. The minimum Gasteiger partial charge on any atom is -0.502 e. The number of phenolic OH excluding ortho intramolecular Hbond substituents is 1. The number of nitro groups is 1. The van der Waals surface area contributed by atoms with Crippen LogP contribution in [-0.2, 0) is 6.54 Å². The lowest BCUT2D eigenvalue weighted by Gasteiger charge is -2.43. The quantitative estimate of drug-likeness (QED) is 0.681. The molecule has 1 aromatic rings. The minimum absolute atomic E-state index is 0.209. The van der Waals surface area contributed by atoms with E-state index >= 15 is 0 Å². The summed E-state index contributed by atoms with van der Waals surface area (Å²) < 4.78 is 0. The Morgan fingerprint density at radius 1 is 1.38 bits per heavy atom. The lowest BCUT2D eigenvalue weighted by Crippen LogP contribution is -2.55. The summed E-state index contributed by atoms with van der Waals surface area (Å²) in [5.41, 5.74) is 0.678. The van der Waals surface area contributed by atoms with Crippen LogP contribution in [0.15, 0.2) is 18.2 Å². The van der Waals surface area contributed by atoms with E-state index in [4.69, 9.17) is 0 Å². The van der Waals surface area contributed by atoms with Crippen LogP contribution in [0.5, 0.6) is 5.75 Å². The van der Waals surface area contributed by atoms with Crippen molar-refractivity contribution in [2.75, 3.05) is 19.6 Å². The molecule has 0 unspecified atom stereocenters. The van der Waals surface area contributed by atoms with Gasteiger partial charge in [0.15, 0.2) is 5.75 Å². The third kappa shape index (κ3) is 2.73. The highest BCUT2D eigenvalue weighted by atomic mass is 16.6. The molecule has 2 saturated heterocycles. The number of aromatic hydroxyl groups is 1. The predicted molar refractivity (Wildman–Crippen MR) is 79.2 cm³/mol. The highest BCUT2D eigenvalue weighted by Crippen LogP contribution is 2.30. The van der Waals surface area contributed by atoms with Gasteiger partial charge >= 0.3 is 5.69 Å². The zero-order chi connectivity index (χ0) is 15.0.